The average Bonchev–Trinajstić information content (AvgIpc) is 3.09. The predicted octanol–water partition coefficient (Wildman–Crippen LogP) is 3.67. The minimum absolute atomic E-state index is 0.182. The third-order valence-corrected chi connectivity index (χ3v) is 7.76. The van der Waals surface area contributed by atoms with Gasteiger partial charge in [0.25, 0.3) is 0 Å². The lowest BCUT2D eigenvalue weighted by molar-refractivity contribution is -0.149. The van der Waals surface area contributed by atoms with Crippen LogP contribution in [0.2, 0.25) is 0 Å². The van der Waals surface area contributed by atoms with Crippen LogP contribution in [-0.2, 0) is 9.53 Å². The normalized spacial score (nSPS) is 54.0. The van der Waals surface area contributed by atoms with Crippen molar-refractivity contribution in [2.24, 2.45) is 46.8 Å². The lowest BCUT2D eigenvalue weighted by Gasteiger charge is -2.48. The van der Waals surface area contributed by atoms with Crippen molar-refractivity contribution in [3.05, 3.63) is 12.7 Å². The minimum Gasteiger partial charge on any atom is -0.459 e. The van der Waals surface area contributed by atoms with E-state index in [4.69, 9.17) is 4.74 Å². The SMILES string of the molecule is C=CC(=O)OC1CC2CC1C1C3CC(C21)C(C)(C)C3C. The molecule has 8 atom stereocenters. The van der Waals surface area contributed by atoms with Gasteiger partial charge in [-0.05, 0) is 66.1 Å². The van der Waals surface area contributed by atoms with Crippen LogP contribution in [0.1, 0.15) is 40.0 Å². The van der Waals surface area contributed by atoms with Crippen molar-refractivity contribution in [2.45, 2.75) is 46.1 Å². The van der Waals surface area contributed by atoms with Gasteiger partial charge in [0.2, 0.25) is 0 Å². The number of carbonyl (C=O) groups excluding carboxylic acids is 1. The molecule has 4 aliphatic rings. The minimum atomic E-state index is -0.226. The smallest absolute Gasteiger partial charge is 0.330 e. The molecule has 2 heteroatoms. The highest BCUT2D eigenvalue weighted by molar-refractivity contribution is 5.81. The molecule has 20 heavy (non-hydrogen) atoms. The van der Waals surface area contributed by atoms with Crippen LogP contribution in [0.25, 0.3) is 0 Å². The Bertz CT molecular complexity index is 466. The van der Waals surface area contributed by atoms with Crippen LogP contribution in [0.4, 0.5) is 0 Å². The Kier molecular flexibility index (Phi) is 2.52. The zero-order valence-corrected chi connectivity index (χ0v) is 12.8. The molecule has 0 N–H and O–H groups in total. The molecule has 0 heterocycles. The topological polar surface area (TPSA) is 26.3 Å². The number of rotatable bonds is 2. The molecule has 0 radical (unpaired) electrons. The largest absolute Gasteiger partial charge is 0.459 e. The molecule has 110 valence electrons. The second-order valence-electron chi connectivity index (χ2n) is 8.35. The van der Waals surface area contributed by atoms with E-state index >= 15 is 0 Å². The van der Waals surface area contributed by atoms with Crippen LogP contribution in [0.3, 0.4) is 0 Å². The zero-order valence-electron chi connectivity index (χ0n) is 12.8. The molecule has 4 fully saturated rings. The lowest BCUT2D eigenvalue weighted by Crippen LogP contribution is -2.45. The van der Waals surface area contributed by atoms with E-state index in [-0.39, 0.29) is 12.1 Å². The highest BCUT2D eigenvalue weighted by Crippen LogP contribution is 2.73. The molecule has 4 rings (SSSR count). The van der Waals surface area contributed by atoms with Gasteiger partial charge in [-0.15, -0.1) is 0 Å². The van der Waals surface area contributed by atoms with E-state index in [1.54, 1.807) is 0 Å². The summed E-state index contributed by atoms with van der Waals surface area (Å²) in [6.45, 7) is 11.0. The van der Waals surface area contributed by atoms with Crippen LogP contribution in [0, 0.1) is 46.8 Å². The molecule has 8 unspecified atom stereocenters. The highest BCUT2D eigenvalue weighted by Gasteiger charge is 2.69. The van der Waals surface area contributed by atoms with E-state index < -0.39 is 0 Å². The molecule has 4 aliphatic carbocycles. The third kappa shape index (κ3) is 1.38. The van der Waals surface area contributed by atoms with Crippen molar-refractivity contribution in [1.82, 2.24) is 0 Å². The van der Waals surface area contributed by atoms with Gasteiger partial charge < -0.3 is 4.74 Å². The van der Waals surface area contributed by atoms with E-state index in [1.165, 1.54) is 18.9 Å². The average molecular weight is 274 g/mol. The van der Waals surface area contributed by atoms with Gasteiger partial charge in [0, 0.05) is 6.08 Å². The molecule has 0 amide bonds. The van der Waals surface area contributed by atoms with Gasteiger partial charge in [0.1, 0.15) is 6.10 Å². The summed E-state index contributed by atoms with van der Waals surface area (Å²) in [5.41, 5.74) is 0.517. The third-order valence-electron chi connectivity index (χ3n) is 7.76. The van der Waals surface area contributed by atoms with E-state index in [2.05, 4.69) is 27.4 Å². The molecular weight excluding hydrogens is 248 g/mol. The molecule has 0 aromatic carbocycles. The summed E-state index contributed by atoms with van der Waals surface area (Å²) in [5.74, 6) is 5.61. The molecule has 0 spiro atoms. The van der Waals surface area contributed by atoms with Crippen molar-refractivity contribution in [3.8, 4) is 0 Å². The number of carbonyl (C=O) groups is 1. The number of fused-ring (bicyclic) bond motifs is 9. The van der Waals surface area contributed by atoms with Gasteiger partial charge in [-0.1, -0.05) is 27.4 Å². The molecule has 0 aromatic heterocycles. The summed E-state index contributed by atoms with van der Waals surface area (Å²) in [6.07, 6.45) is 5.34. The predicted molar refractivity (Wildman–Crippen MR) is 77.8 cm³/mol. The quantitative estimate of drug-likeness (QED) is 0.436. The van der Waals surface area contributed by atoms with E-state index in [0.717, 1.165) is 41.9 Å². The number of ether oxygens (including phenoxy) is 1. The Labute approximate surface area is 122 Å². The second-order valence-corrected chi connectivity index (χ2v) is 8.35. The van der Waals surface area contributed by atoms with Gasteiger partial charge in [0.05, 0.1) is 0 Å². The second kappa shape index (κ2) is 3.90. The van der Waals surface area contributed by atoms with Crippen LogP contribution < -0.4 is 0 Å². The van der Waals surface area contributed by atoms with E-state index in [9.17, 15) is 4.79 Å². The summed E-state index contributed by atoms with van der Waals surface area (Å²) in [7, 11) is 0. The Balaban J connectivity index is 1.59. The van der Waals surface area contributed by atoms with Gasteiger partial charge in [0.15, 0.2) is 0 Å². The molecule has 0 saturated heterocycles. The molecule has 4 bridgehead atoms. The van der Waals surface area contributed by atoms with Crippen LogP contribution in [-0.4, -0.2) is 12.1 Å². The molecule has 0 aliphatic heterocycles. The molecule has 4 saturated carbocycles. The van der Waals surface area contributed by atoms with Gasteiger partial charge in [-0.3, -0.25) is 0 Å². The van der Waals surface area contributed by atoms with Crippen molar-refractivity contribution in [2.75, 3.05) is 0 Å². The summed E-state index contributed by atoms with van der Waals surface area (Å²) in [4.78, 5) is 11.5. The first kappa shape index (κ1) is 12.9. The summed E-state index contributed by atoms with van der Waals surface area (Å²) < 4.78 is 5.64. The first-order valence-electron chi connectivity index (χ1n) is 8.28. The van der Waals surface area contributed by atoms with Crippen LogP contribution in [0.15, 0.2) is 12.7 Å². The van der Waals surface area contributed by atoms with E-state index in [1.807, 2.05) is 0 Å². The standard InChI is InChI=1S/C18H26O2/c1-5-15(19)20-14-7-10-6-12(14)17-11-8-13(16(10)17)18(3,4)9(11)2/h5,9-14,16-17H,1,6-8H2,2-4H3. The fourth-order valence-electron chi connectivity index (χ4n) is 6.76. The fourth-order valence-corrected chi connectivity index (χ4v) is 6.76. The first-order valence-corrected chi connectivity index (χ1v) is 8.28. The maximum Gasteiger partial charge on any atom is 0.330 e. The van der Waals surface area contributed by atoms with Crippen molar-refractivity contribution < 1.29 is 9.53 Å². The maximum absolute atomic E-state index is 11.5. The number of esters is 1. The summed E-state index contributed by atoms with van der Waals surface area (Å²) in [6, 6.07) is 0. The summed E-state index contributed by atoms with van der Waals surface area (Å²) in [5, 5.41) is 0. The Hall–Kier alpha value is -0.790. The van der Waals surface area contributed by atoms with Gasteiger partial charge in [-0.25, -0.2) is 4.79 Å². The monoisotopic (exact) mass is 274 g/mol. The Morgan fingerprint density at radius 1 is 1.20 bits per heavy atom. The van der Waals surface area contributed by atoms with Crippen molar-refractivity contribution >= 4 is 5.97 Å². The van der Waals surface area contributed by atoms with Crippen LogP contribution in [0.5, 0.6) is 0 Å². The zero-order chi connectivity index (χ0) is 14.2. The molecular formula is C18H26O2. The molecule has 0 aromatic rings. The number of hydrogen-bond donors (Lipinski definition) is 0. The van der Waals surface area contributed by atoms with Gasteiger partial charge in [-0.2, -0.15) is 0 Å². The lowest BCUT2D eigenvalue weighted by atomic mass is 9.58. The van der Waals surface area contributed by atoms with Crippen LogP contribution >= 0.6 is 0 Å². The van der Waals surface area contributed by atoms with Crippen molar-refractivity contribution in [3.63, 3.8) is 0 Å². The van der Waals surface area contributed by atoms with Gasteiger partial charge >= 0.3 is 5.97 Å². The maximum atomic E-state index is 11.5. The summed E-state index contributed by atoms with van der Waals surface area (Å²) >= 11 is 0. The number of hydrogen-bond acceptors (Lipinski definition) is 2. The Morgan fingerprint density at radius 2 is 1.95 bits per heavy atom. The fraction of sp³-hybridized carbons (Fsp3) is 0.833. The highest BCUT2D eigenvalue weighted by atomic mass is 16.5. The Morgan fingerprint density at radius 3 is 2.65 bits per heavy atom. The first-order chi connectivity index (χ1) is 9.45. The van der Waals surface area contributed by atoms with Crippen molar-refractivity contribution in [1.29, 1.82) is 0 Å². The molecule has 2 nitrogen and oxygen atoms in total. The van der Waals surface area contributed by atoms with E-state index in [0.29, 0.717) is 11.3 Å².